The molecule has 1 heteroatoms. The molecule has 0 aromatic carbocycles. The number of rotatable bonds is 2. The molecule has 4 rings (SSSR count). The normalized spacial score (nSPS) is 52.3. The predicted octanol–water partition coefficient (Wildman–Crippen LogP) is 6.26. The Balaban J connectivity index is 1.60. The molecule has 4 aliphatic rings. The first kappa shape index (κ1) is 17.1. The first-order valence-electron chi connectivity index (χ1n) is 10.9. The monoisotopic (exact) mass is 330 g/mol. The van der Waals surface area contributed by atoms with E-state index in [4.69, 9.17) is 0 Å². The molecule has 1 nitrogen and oxygen atoms in total. The molecule has 0 aromatic heterocycles. The number of hydrogen-bond acceptors (Lipinski definition) is 1. The fourth-order valence-corrected chi connectivity index (χ4v) is 8.31. The van der Waals surface area contributed by atoms with Gasteiger partial charge in [-0.2, -0.15) is 0 Å². The maximum atomic E-state index is 12.0. The van der Waals surface area contributed by atoms with Crippen molar-refractivity contribution in [2.24, 2.45) is 46.3 Å². The molecule has 0 radical (unpaired) electrons. The van der Waals surface area contributed by atoms with Crippen LogP contribution in [-0.4, -0.2) is 5.78 Å². The Morgan fingerprint density at radius 2 is 1.75 bits per heavy atom. The van der Waals surface area contributed by atoms with E-state index in [1.54, 1.807) is 0 Å². The quantitative estimate of drug-likeness (QED) is 0.584. The van der Waals surface area contributed by atoms with Crippen LogP contribution in [0.5, 0.6) is 0 Å². The largest absolute Gasteiger partial charge is 0.300 e. The van der Waals surface area contributed by atoms with Crippen molar-refractivity contribution in [3.8, 4) is 0 Å². The second kappa shape index (κ2) is 5.85. The number of Topliss-reactive ketones (excluding diaryl/α,β-unsaturated/α-hetero) is 1. The maximum Gasteiger partial charge on any atom is 0.133 e. The van der Waals surface area contributed by atoms with E-state index < -0.39 is 0 Å². The summed E-state index contributed by atoms with van der Waals surface area (Å²) in [6.45, 7) is 10.1. The van der Waals surface area contributed by atoms with E-state index in [0.717, 1.165) is 42.4 Å². The summed E-state index contributed by atoms with van der Waals surface area (Å²) in [5, 5.41) is 0. The molecular weight excluding hydrogens is 292 g/mol. The number of carbonyl (C=O) groups is 1. The Morgan fingerprint density at radius 1 is 1.00 bits per heavy atom. The maximum absolute atomic E-state index is 12.0. The Kier molecular flexibility index (Phi) is 4.17. The topological polar surface area (TPSA) is 17.1 Å². The number of hydrogen-bond donors (Lipinski definition) is 0. The lowest BCUT2D eigenvalue weighted by Crippen LogP contribution is -2.53. The summed E-state index contributed by atoms with van der Waals surface area (Å²) in [6, 6.07) is 0. The van der Waals surface area contributed by atoms with Crippen LogP contribution in [-0.2, 0) is 4.79 Å². The summed E-state index contributed by atoms with van der Waals surface area (Å²) in [7, 11) is 0. The summed E-state index contributed by atoms with van der Waals surface area (Å²) < 4.78 is 0. The molecule has 0 bridgehead atoms. The van der Waals surface area contributed by atoms with Crippen LogP contribution in [0, 0.1) is 46.3 Å². The lowest BCUT2D eigenvalue weighted by molar-refractivity contribution is -0.140. The van der Waals surface area contributed by atoms with Gasteiger partial charge in [0.05, 0.1) is 0 Å². The molecule has 8 atom stereocenters. The van der Waals surface area contributed by atoms with Crippen molar-refractivity contribution >= 4 is 5.78 Å². The van der Waals surface area contributed by atoms with Crippen molar-refractivity contribution in [3.63, 3.8) is 0 Å². The molecule has 0 saturated heterocycles. The third kappa shape index (κ3) is 2.28. The second-order valence-electron chi connectivity index (χ2n) is 10.5. The van der Waals surface area contributed by atoms with Crippen molar-refractivity contribution in [2.75, 3.05) is 0 Å². The molecule has 0 amide bonds. The minimum absolute atomic E-state index is 0.479. The van der Waals surface area contributed by atoms with Gasteiger partial charge in [-0.3, -0.25) is 4.79 Å². The fourth-order valence-electron chi connectivity index (χ4n) is 8.31. The van der Waals surface area contributed by atoms with Gasteiger partial charge < -0.3 is 0 Å². The van der Waals surface area contributed by atoms with Crippen LogP contribution in [0.1, 0.15) is 91.9 Å². The van der Waals surface area contributed by atoms with Crippen LogP contribution >= 0.6 is 0 Å². The lowest BCUT2D eigenvalue weighted by atomic mass is 9.44. The number of fused-ring (bicyclic) bond motifs is 5. The SMILES string of the molecule is CCC(C)[C@H]1CC[C@H]2[C@@H]3CC[C@H]4CC(=O)CC[C@]4(C)C3CC[C@]12C. The molecule has 24 heavy (non-hydrogen) atoms. The zero-order chi connectivity index (χ0) is 17.1. The van der Waals surface area contributed by atoms with Crippen molar-refractivity contribution < 1.29 is 4.79 Å². The molecule has 0 spiro atoms. The Bertz CT molecular complexity index is 510. The smallest absolute Gasteiger partial charge is 0.133 e. The van der Waals surface area contributed by atoms with E-state index >= 15 is 0 Å². The van der Waals surface area contributed by atoms with Crippen LogP contribution in [0.3, 0.4) is 0 Å². The van der Waals surface area contributed by atoms with Gasteiger partial charge in [-0.25, -0.2) is 0 Å². The molecule has 0 heterocycles. The van der Waals surface area contributed by atoms with E-state index in [2.05, 4.69) is 27.7 Å². The lowest BCUT2D eigenvalue weighted by Gasteiger charge is -2.60. The highest BCUT2D eigenvalue weighted by molar-refractivity contribution is 5.79. The van der Waals surface area contributed by atoms with Crippen LogP contribution in [0.15, 0.2) is 0 Å². The van der Waals surface area contributed by atoms with Gasteiger partial charge in [0.15, 0.2) is 0 Å². The highest BCUT2D eigenvalue weighted by atomic mass is 16.1. The summed E-state index contributed by atoms with van der Waals surface area (Å²) >= 11 is 0. The molecule has 4 saturated carbocycles. The van der Waals surface area contributed by atoms with Gasteiger partial charge in [0.1, 0.15) is 5.78 Å². The number of ketones is 1. The summed E-state index contributed by atoms with van der Waals surface area (Å²) in [4.78, 5) is 12.0. The van der Waals surface area contributed by atoms with Gasteiger partial charge in [-0.1, -0.05) is 34.1 Å². The van der Waals surface area contributed by atoms with Crippen LogP contribution < -0.4 is 0 Å². The average molecular weight is 331 g/mol. The molecule has 0 aliphatic heterocycles. The molecule has 4 fully saturated rings. The minimum atomic E-state index is 0.479. The summed E-state index contributed by atoms with van der Waals surface area (Å²) in [5.41, 5.74) is 1.09. The zero-order valence-electron chi connectivity index (χ0n) is 16.4. The molecule has 0 N–H and O–H groups in total. The Labute approximate surface area is 149 Å². The first-order chi connectivity index (χ1) is 11.4. The van der Waals surface area contributed by atoms with Crippen LogP contribution in [0.2, 0.25) is 0 Å². The summed E-state index contributed by atoms with van der Waals surface area (Å²) in [6.07, 6.45) is 13.0. The Morgan fingerprint density at radius 3 is 2.50 bits per heavy atom. The van der Waals surface area contributed by atoms with Gasteiger partial charge in [0.25, 0.3) is 0 Å². The van der Waals surface area contributed by atoms with E-state index in [1.807, 2.05) is 0 Å². The first-order valence-corrected chi connectivity index (χ1v) is 10.9. The van der Waals surface area contributed by atoms with Crippen molar-refractivity contribution in [1.29, 1.82) is 0 Å². The molecule has 136 valence electrons. The van der Waals surface area contributed by atoms with E-state index in [1.165, 1.54) is 51.4 Å². The number of carbonyl (C=O) groups excluding carboxylic acids is 1. The molecule has 4 aliphatic carbocycles. The van der Waals surface area contributed by atoms with Crippen molar-refractivity contribution in [2.45, 2.75) is 91.9 Å². The van der Waals surface area contributed by atoms with E-state index in [0.29, 0.717) is 22.5 Å². The van der Waals surface area contributed by atoms with Crippen molar-refractivity contribution in [1.82, 2.24) is 0 Å². The van der Waals surface area contributed by atoms with Crippen LogP contribution in [0.25, 0.3) is 0 Å². The molecule has 0 aromatic rings. The minimum Gasteiger partial charge on any atom is -0.300 e. The molecular formula is C23H38O. The standard InChI is InChI=1S/C23H38O/c1-5-15(2)19-8-9-20-18-7-6-16-14-17(24)10-12-22(16,3)21(18)11-13-23(19,20)4/h15-16,18-21H,5-14H2,1-4H3/t15?,16-,18-,19+,20-,21?,22-,23+/m0/s1. The van der Waals surface area contributed by atoms with Gasteiger partial charge in [-0.15, -0.1) is 0 Å². The third-order valence-corrected chi connectivity index (χ3v) is 9.89. The second-order valence-corrected chi connectivity index (χ2v) is 10.5. The van der Waals surface area contributed by atoms with E-state index in [9.17, 15) is 4.79 Å². The Hall–Kier alpha value is -0.330. The van der Waals surface area contributed by atoms with Gasteiger partial charge in [0.2, 0.25) is 0 Å². The van der Waals surface area contributed by atoms with Crippen LogP contribution in [0.4, 0.5) is 0 Å². The summed E-state index contributed by atoms with van der Waals surface area (Å²) in [5.74, 6) is 5.98. The highest BCUT2D eigenvalue weighted by Gasteiger charge is 2.60. The fraction of sp³-hybridized carbons (Fsp3) is 0.957. The van der Waals surface area contributed by atoms with Gasteiger partial charge in [-0.05, 0) is 91.3 Å². The van der Waals surface area contributed by atoms with Gasteiger partial charge >= 0.3 is 0 Å². The highest BCUT2D eigenvalue weighted by Crippen LogP contribution is 2.68. The molecule has 2 unspecified atom stereocenters. The van der Waals surface area contributed by atoms with E-state index in [-0.39, 0.29) is 0 Å². The van der Waals surface area contributed by atoms with Gasteiger partial charge in [0, 0.05) is 12.8 Å². The average Bonchev–Trinajstić information content (AvgIpc) is 2.92. The van der Waals surface area contributed by atoms with Crippen molar-refractivity contribution in [3.05, 3.63) is 0 Å². The zero-order valence-corrected chi connectivity index (χ0v) is 16.4. The third-order valence-electron chi connectivity index (χ3n) is 9.89. The predicted molar refractivity (Wildman–Crippen MR) is 99.7 cm³/mol.